The Labute approximate surface area is 78.5 Å². The summed E-state index contributed by atoms with van der Waals surface area (Å²) in [6, 6.07) is 0. The van der Waals surface area contributed by atoms with Gasteiger partial charge in [-0.3, -0.25) is 4.79 Å². The van der Waals surface area contributed by atoms with Crippen molar-refractivity contribution in [1.82, 2.24) is 5.32 Å². The first kappa shape index (κ1) is 9.00. The largest absolute Gasteiger partial charge is 0.392 e. The Morgan fingerprint density at radius 3 is 2.77 bits per heavy atom. The highest BCUT2D eigenvalue weighted by molar-refractivity contribution is 5.84. The van der Waals surface area contributed by atoms with Gasteiger partial charge in [-0.2, -0.15) is 0 Å². The number of piperidine rings is 1. The lowest BCUT2D eigenvalue weighted by Crippen LogP contribution is -2.53. The van der Waals surface area contributed by atoms with Crippen LogP contribution in [0.25, 0.3) is 0 Å². The van der Waals surface area contributed by atoms with Crippen LogP contribution in [0.3, 0.4) is 0 Å². The molecule has 2 N–H and O–H groups in total. The number of carbonyl (C=O) groups excluding carboxylic acids is 1. The highest BCUT2D eigenvalue weighted by atomic mass is 16.3. The molecule has 2 aliphatic rings. The Bertz CT molecular complexity index is 211. The summed E-state index contributed by atoms with van der Waals surface area (Å²) >= 11 is 0. The van der Waals surface area contributed by atoms with Gasteiger partial charge in [0.2, 0.25) is 5.91 Å². The summed E-state index contributed by atoms with van der Waals surface area (Å²) in [5.41, 5.74) is -0.420. The van der Waals surface area contributed by atoms with Gasteiger partial charge >= 0.3 is 0 Å². The predicted octanol–water partition coefficient (Wildman–Crippen LogP) is 0.818. The maximum absolute atomic E-state index is 11.7. The quantitative estimate of drug-likeness (QED) is 0.584. The summed E-state index contributed by atoms with van der Waals surface area (Å²) in [6.07, 6.45) is 5.32. The number of aliphatic hydroxyl groups excluding tert-OH is 1. The molecule has 1 saturated carbocycles. The van der Waals surface area contributed by atoms with E-state index in [-0.39, 0.29) is 5.91 Å². The van der Waals surface area contributed by atoms with Gasteiger partial charge in [0.15, 0.2) is 0 Å². The molecule has 2 fully saturated rings. The number of carbonyl (C=O) groups is 1. The van der Waals surface area contributed by atoms with Gasteiger partial charge < -0.3 is 10.4 Å². The zero-order chi connectivity index (χ0) is 9.31. The lowest BCUT2D eigenvalue weighted by Gasteiger charge is -2.42. The van der Waals surface area contributed by atoms with Crippen LogP contribution in [-0.4, -0.2) is 23.7 Å². The SMILES string of the molecule is O=C1NCCC[C@]12CCCC[C@@H]2O. The first-order chi connectivity index (χ1) is 6.26. The van der Waals surface area contributed by atoms with Crippen molar-refractivity contribution in [3.8, 4) is 0 Å². The molecule has 1 aliphatic heterocycles. The molecular weight excluding hydrogens is 166 g/mol. The molecule has 13 heavy (non-hydrogen) atoms. The van der Waals surface area contributed by atoms with Crippen molar-refractivity contribution in [2.45, 2.75) is 44.6 Å². The Morgan fingerprint density at radius 2 is 2.08 bits per heavy atom. The molecule has 0 unspecified atom stereocenters. The van der Waals surface area contributed by atoms with Crippen molar-refractivity contribution < 1.29 is 9.90 Å². The number of rotatable bonds is 0. The molecule has 0 aromatic rings. The Morgan fingerprint density at radius 1 is 1.31 bits per heavy atom. The van der Waals surface area contributed by atoms with Crippen molar-refractivity contribution in [2.24, 2.45) is 5.41 Å². The van der Waals surface area contributed by atoms with Crippen molar-refractivity contribution in [2.75, 3.05) is 6.54 Å². The first-order valence-corrected chi connectivity index (χ1v) is 5.22. The minimum atomic E-state index is -0.420. The third-order valence-corrected chi connectivity index (χ3v) is 3.53. The summed E-state index contributed by atoms with van der Waals surface area (Å²) in [6.45, 7) is 0.785. The highest BCUT2D eigenvalue weighted by Gasteiger charge is 2.47. The van der Waals surface area contributed by atoms with Gasteiger partial charge in [0.25, 0.3) is 0 Å². The monoisotopic (exact) mass is 183 g/mol. The molecule has 3 heteroatoms. The molecule has 1 heterocycles. The summed E-state index contributed by atoms with van der Waals surface area (Å²) in [5.74, 6) is 0.0888. The summed E-state index contributed by atoms with van der Waals surface area (Å²) in [7, 11) is 0. The van der Waals surface area contributed by atoms with Crippen LogP contribution in [0, 0.1) is 5.41 Å². The smallest absolute Gasteiger partial charge is 0.228 e. The van der Waals surface area contributed by atoms with E-state index in [1.54, 1.807) is 0 Å². The standard InChI is InChI=1S/C10H17NO2/c12-8-4-1-2-5-10(8)6-3-7-11-9(10)13/h8,12H,1-7H2,(H,11,13)/t8-,10-/m0/s1. The van der Waals surface area contributed by atoms with Crippen LogP contribution < -0.4 is 5.32 Å². The Balaban J connectivity index is 2.18. The zero-order valence-corrected chi connectivity index (χ0v) is 7.88. The fourth-order valence-corrected chi connectivity index (χ4v) is 2.67. The summed E-state index contributed by atoms with van der Waals surface area (Å²) in [5, 5.41) is 12.8. The minimum absolute atomic E-state index is 0.0888. The zero-order valence-electron chi connectivity index (χ0n) is 7.88. The molecule has 3 nitrogen and oxygen atoms in total. The van der Waals surface area contributed by atoms with E-state index in [1.807, 2.05) is 0 Å². The van der Waals surface area contributed by atoms with Crippen molar-refractivity contribution in [3.05, 3.63) is 0 Å². The third-order valence-electron chi connectivity index (χ3n) is 3.53. The third kappa shape index (κ3) is 1.35. The molecule has 0 radical (unpaired) electrons. The summed E-state index contributed by atoms with van der Waals surface area (Å²) < 4.78 is 0. The second kappa shape index (κ2) is 3.29. The lowest BCUT2D eigenvalue weighted by atomic mass is 9.67. The molecule has 2 atom stereocenters. The molecular formula is C10H17NO2. The minimum Gasteiger partial charge on any atom is -0.392 e. The van der Waals surface area contributed by atoms with Crippen LogP contribution in [0.1, 0.15) is 38.5 Å². The lowest BCUT2D eigenvalue weighted by molar-refractivity contribution is -0.145. The summed E-state index contributed by atoms with van der Waals surface area (Å²) in [4.78, 5) is 11.7. The van der Waals surface area contributed by atoms with E-state index in [0.29, 0.717) is 0 Å². The van der Waals surface area contributed by atoms with E-state index >= 15 is 0 Å². The first-order valence-electron chi connectivity index (χ1n) is 5.22. The number of aliphatic hydroxyl groups is 1. The normalized spacial score (nSPS) is 40.4. The van der Waals surface area contributed by atoms with Crippen LogP contribution in [0.4, 0.5) is 0 Å². The second-order valence-electron chi connectivity index (χ2n) is 4.28. The van der Waals surface area contributed by atoms with Crippen LogP contribution in [-0.2, 0) is 4.79 Å². The van der Waals surface area contributed by atoms with Crippen LogP contribution in [0.5, 0.6) is 0 Å². The molecule has 0 aromatic carbocycles. The predicted molar refractivity (Wildman–Crippen MR) is 49.2 cm³/mol. The van der Waals surface area contributed by atoms with Gasteiger partial charge in [0, 0.05) is 6.54 Å². The molecule has 0 aromatic heterocycles. The fourth-order valence-electron chi connectivity index (χ4n) is 2.67. The van der Waals surface area contributed by atoms with Crippen molar-refractivity contribution in [3.63, 3.8) is 0 Å². The van der Waals surface area contributed by atoms with Gasteiger partial charge in [-0.25, -0.2) is 0 Å². The highest BCUT2D eigenvalue weighted by Crippen LogP contribution is 2.42. The molecule has 1 saturated heterocycles. The number of hydrogen-bond acceptors (Lipinski definition) is 2. The second-order valence-corrected chi connectivity index (χ2v) is 4.28. The van der Waals surface area contributed by atoms with E-state index in [4.69, 9.17) is 0 Å². The van der Waals surface area contributed by atoms with E-state index in [0.717, 1.165) is 45.1 Å². The van der Waals surface area contributed by atoms with E-state index in [2.05, 4.69) is 5.32 Å². The van der Waals surface area contributed by atoms with E-state index in [9.17, 15) is 9.90 Å². The van der Waals surface area contributed by atoms with Gasteiger partial charge in [0.1, 0.15) is 0 Å². The Kier molecular flexibility index (Phi) is 2.28. The maximum Gasteiger partial charge on any atom is 0.228 e. The Hall–Kier alpha value is -0.570. The molecule has 1 amide bonds. The van der Waals surface area contributed by atoms with Crippen molar-refractivity contribution >= 4 is 5.91 Å². The van der Waals surface area contributed by atoms with E-state index < -0.39 is 11.5 Å². The maximum atomic E-state index is 11.7. The van der Waals surface area contributed by atoms with Gasteiger partial charge in [-0.05, 0) is 25.7 Å². The van der Waals surface area contributed by atoms with Gasteiger partial charge in [-0.1, -0.05) is 12.8 Å². The van der Waals surface area contributed by atoms with Crippen LogP contribution in [0.15, 0.2) is 0 Å². The van der Waals surface area contributed by atoms with Crippen LogP contribution >= 0.6 is 0 Å². The number of nitrogens with one attached hydrogen (secondary N) is 1. The molecule has 1 spiro atoms. The van der Waals surface area contributed by atoms with E-state index in [1.165, 1.54) is 0 Å². The average Bonchev–Trinajstić information content (AvgIpc) is 2.15. The van der Waals surface area contributed by atoms with Gasteiger partial charge in [0.05, 0.1) is 11.5 Å². The topological polar surface area (TPSA) is 49.3 Å². The van der Waals surface area contributed by atoms with Crippen molar-refractivity contribution in [1.29, 1.82) is 0 Å². The average molecular weight is 183 g/mol. The van der Waals surface area contributed by atoms with Gasteiger partial charge in [-0.15, -0.1) is 0 Å². The number of amides is 1. The fraction of sp³-hybridized carbons (Fsp3) is 0.900. The molecule has 0 bridgehead atoms. The van der Waals surface area contributed by atoms with Crippen LogP contribution in [0.2, 0.25) is 0 Å². The molecule has 2 rings (SSSR count). The molecule has 74 valence electrons. The number of hydrogen-bond donors (Lipinski definition) is 2. The molecule has 1 aliphatic carbocycles.